The lowest BCUT2D eigenvalue weighted by Gasteiger charge is -2.01. The van der Waals surface area contributed by atoms with Crippen molar-refractivity contribution in [1.82, 2.24) is 5.43 Å². The molecule has 108 valence electrons. The summed E-state index contributed by atoms with van der Waals surface area (Å²) in [6, 6.07) is 14.1. The number of hydrogen-bond donors (Lipinski definition) is 1. The van der Waals surface area contributed by atoms with Gasteiger partial charge in [-0.05, 0) is 52.9 Å². The number of carbonyl (C=O) groups excluding carboxylic acids is 1. The number of thiophene rings is 1. The van der Waals surface area contributed by atoms with Crippen LogP contribution in [0.5, 0.6) is 0 Å². The number of nitrogens with one attached hydrogen (secondary N) is 1. The van der Waals surface area contributed by atoms with E-state index in [-0.39, 0.29) is 11.8 Å². The SMILES string of the molecule is C/C(=N/NC(=O)[C@H]1C[C@@H]1c1ccccc1)c1ccc(Br)s1. The van der Waals surface area contributed by atoms with E-state index in [2.05, 4.69) is 38.6 Å². The van der Waals surface area contributed by atoms with Gasteiger partial charge in [0.15, 0.2) is 0 Å². The standard InChI is InChI=1S/C16H15BrN2OS/c1-10(14-7-8-15(17)21-14)18-19-16(20)13-9-12(13)11-5-3-2-4-6-11/h2-8,12-13H,9H2,1H3,(H,19,20)/b18-10-/t12-,13+/m1/s1. The number of nitrogens with zero attached hydrogens (tertiary/aromatic N) is 1. The minimum atomic E-state index is 0.0128. The van der Waals surface area contributed by atoms with Crippen LogP contribution in [-0.4, -0.2) is 11.6 Å². The molecule has 0 bridgehead atoms. The molecule has 1 saturated carbocycles. The molecule has 2 atom stereocenters. The molecular formula is C16H15BrN2OS. The first-order valence-electron chi connectivity index (χ1n) is 6.80. The summed E-state index contributed by atoms with van der Waals surface area (Å²) in [7, 11) is 0. The zero-order valence-electron chi connectivity index (χ0n) is 11.5. The van der Waals surface area contributed by atoms with Gasteiger partial charge in [0.1, 0.15) is 0 Å². The molecule has 1 heterocycles. The van der Waals surface area contributed by atoms with E-state index in [1.54, 1.807) is 11.3 Å². The highest BCUT2D eigenvalue weighted by atomic mass is 79.9. The number of benzene rings is 1. The van der Waals surface area contributed by atoms with E-state index in [0.717, 1.165) is 20.8 Å². The Kier molecular flexibility index (Phi) is 4.22. The molecule has 0 unspecified atom stereocenters. The molecule has 0 spiro atoms. The molecule has 1 aromatic heterocycles. The fourth-order valence-corrected chi connectivity index (χ4v) is 3.67. The highest BCUT2D eigenvalue weighted by molar-refractivity contribution is 9.11. The summed E-state index contributed by atoms with van der Waals surface area (Å²) >= 11 is 5.03. The van der Waals surface area contributed by atoms with Gasteiger partial charge in [-0.3, -0.25) is 4.79 Å². The summed E-state index contributed by atoms with van der Waals surface area (Å²) in [6.45, 7) is 1.90. The van der Waals surface area contributed by atoms with Gasteiger partial charge in [-0.25, -0.2) is 5.43 Å². The van der Waals surface area contributed by atoms with Crippen molar-refractivity contribution in [3.63, 3.8) is 0 Å². The third kappa shape index (κ3) is 3.41. The van der Waals surface area contributed by atoms with Crippen LogP contribution in [0.2, 0.25) is 0 Å². The first-order valence-corrected chi connectivity index (χ1v) is 8.41. The molecule has 0 saturated heterocycles. The molecule has 0 aliphatic heterocycles. The van der Waals surface area contributed by atoms with Crippen molar-refractivity contribution in [3.05, 3.63) is 56.7 Å². The molecule has 1 aliphatic rings. The lowest BCUT2D eigenvalue weighted by Crippen LogP contribution is -2.21. The summed E-state index contributed by atoms with van der Waals surface area (Å²) in [5.41, 5.74) is 4.76. The summed E-state index contributed by atoms with van der Waals surface area (Å²) in [6.07, 6.45) is 0.912. The van der Waals surface area contributed by atoms with E-state index in [4.69, 9.17) is 0 Å². The van der Waals surface area contributed by atoms with Gasteiger partial charge >= 0.3 is 0 Å². The Labute approximate surface area is 136 Å². The van der Waals surface area contributed by atoms with Gasteiger partial charge in [0.25, 0.3) is 0 Å². The van der Waals surface area contributed by atoms with Crippen molar-refractivity contribution in [1.29, 1.82) is 0 Å². The van der Waals surface area contributed by atoms with Crippen LogP contribution >= 0.6 is 27.3 Å². The van der Waals surface area contributed by atoms with Crippen molar-refractivity contribution in [2.24, 2.45) is 11.0 Å². The largest absolute Gasteiger partial charge is 0.273 e. The van der Waals surface area contributed by atoms with E-state index in [9.17, 15) is 4.79 Å². The van der Waals surface area contributed by atoms with Crippen LogP contribution in [0.1, 0.15) is 29.7 Å². The topological polar surface area (TPSA) is 41.5 Å². The quantitative estimate of drug-likeness (QED) is 0.643. The molecule has 1 N–H and O–H groups in total. The first kappa shape index (κ1) is 14.5. The average molecular weight is 363 g/mol. The smallest absolute Gasteiger partial charge is 0.243 e. The van der Waals surface area contributed by atoms with Crippen LogP contribution in [0.15, 0.2) is 51.4 Å². The maximum atomic E-state index is 12.1. The predicted molar refractivity (Wildman–Crippen MR) is 89.7 cm³/mol. The van der Waals surface area contributed by atoms with Crippen molar-refractivity contribution >= 4 is 38.9 Å². The molecule has 21 heavy (non-hydrogen) atoms. The fourth-order valence-electron chi connectivity index (χ4n) is 2.34. The Morgan fingerprint density at radius 1 is 1.29 bits per heavy atom. The molecule has 1 amide bonds. The number of amides is 1. The van der Waals surface area contributed by atoms with E-state index < -0.39 is 0 Å². The maximum Gasteiger partial charge on any atom is 0.243 e. The number of hydrazone groups is 1. The molecule has 2 aromatic rings. The molecule has 1 aliphatic carbocycles. The Balaban J connectivity index is 1.58. The third-order valence-electron chi connectivity index (χ3n) is 3.62. The zero-order valence-corrected chi connectivity index (χ0v) is 13.9. The van der Waals surface area contributed by atoms with Crippen molar-refractivity contribution in [2.75, 3.05) is 0 Å². The summed E-state index contributed by atoms with van der Waals surface area (Å²) < 4.78 is 1.06. The minimum Gasteiger partial charge on any atom is -0.273 e. The van der Waals surface area contributed by atoms with Crippen LogP contribution in [0, 0.1) is 5.92 Å². The number of hydrogen-bond acceptors (Lipinski definition) is 3. The van der Waals surface area contributed by atoms with Gasteiger partial charge in [-0.15, -0.1) is 11.3 Å². The van der Waals surface area contributed by atoms with Crippen molar-refractivity contribution < 1.29 is 4.79 Å². The molecule has 0 radical (unpaired) electrons. The lowest BCUT2D eigenvalue weighted by atomic mass is 10.1. The van der Waals surface area contributed by atoms with Crippen molar-refractivity contribution in [3.8, 4) is 0 Å². The minimum absolute atomic E-state index is 0.0128. The second kappa shape index (κ2) is 6.12. The first-order chi connectivity index (χ1) is 10.1. The van der Waals surface area contributed by atoms with Crippen LogP contribution in [0.3, 0.4) is 0 Å². The predicted octanol–water partition coefficient (Wildman–Crippen LogP) is 4.15. The van der Waals surface area contributed by atoms with Gasteiger partial charge in [-0.1, -0.05) is 30.3 Å². The van der Waals surface area contributed by atoms with Crippen LogP contribution in [-0.2, 0) is 4.79 Å². The Hall–Kier alpha value is -1.46. The van der Waals surface area contributed by atoms with E-state index in [1.165, 1.54) is 5.56 Å². The zero-order chi connectivity index (χ0) is 14.8. The highest BCUT2D eigenvalue weighted by Gasteiger charge is 2.43. The Morgan fingerprint density at radius 2 is 2.05 bits per heavy atom. The third-order valence-corrected chi connectivity index (χ3v) is 5.35. The van der Waals surface area contributed by atoms with Crippen molar-refractivity contribution in [2.45, 2.75) is 19.3 Å². The molecule has 1 fully saturated rings. The summed E-state index contributed by atoms with van der Waals surface area (Å²) in [5, 5.41) is 4.20. The summed E-state index contributed by atoms with van der Waals surface area (Å²) in [4.78, 5) is 13.2. The van der Waals surface area contributed by atoms with E-state index in [1.807, 2.05) is 37.3 Å². The number of carbonyl (C=O) groups is 1. The van der Waals surface area contributed by atoms with Gasteiger partial charge in [0.05, 0.1) is 14.4 Å². The molecule has 3 rings (SSSR count). The van der Waals surface area contributed by atoms with Gasteiger partial charge in [-0.2, -0.15) is 5.10 Å². The van der Waals surface area contributed by atoms with Gasteiger partial charge < -0.3 is 0 Å². The monoisotopic (exact) mass is 362 g/mol. The Morgan fingerprint density at radius 3 is 2.71 bits per heavy atom. The highest BCUT2D eigenvalue weighted by Crippen LogP contribution is 2.47. The second-order valence-electron chi connectivity index (χ2n) is 5.14. The fraction of sp³-hybridized carbons (Fsp3) is 0.250. The van der Waals surface area contributed by atoms with Crippen LogP contribution in [0.25, 0.3) is 0 Å². The van der Waals surface area contributed by atoms with Crippen LogP contribution in [0.4, 0.5) is 0 Å². The number of rotatable bonds is 4. The van der Waals surface area contributed by atoms with Gasteiger partial charge in [0.2, 0.25) is 5.91 Å². The van der Waals surface area contributed by atoms with E-state index >= 15 is 0 Å². The molecule has 3 nitrogen and oxygen atoms in total. The summed E-state index contributed by atoms with van der Waals surface area (Å²) in [5.74, 6) is 0.412. The van der Waals surface area contributed by atoms with E-state index in [0.29, 0.717) is 5.92 Å². The molecule has 5 heteroatoms. The number of halogens is 1. The lowest BCUT2D eigenvalue weighted by molar-refractivity contribution is -0.122. The Bertz CT molecular complexity index is 681. The molecule has 1 aromatic carbocycles. The van der Waals surface area contributed by atoms with Gasteiger partial charge in [0, 0.05) is 5.92 Å². The molecular weight excluding hydrogens is 348 g/mol. The second-order valence-corrected chi connectivity index (χ2v) is 7.60. The average Bonchev–Trinajstić information content (AvgIpc) is 3.20. The normalized spacial score (nSPS) is 21.1. The van der Waals surface area contributed by atoms with Crippen LogP contribution < -0.4 is 5.43 Å². The maximum absolute atomic E-state index is 12.1.